The van der Waals surface area contributed by atoms with Crippen molar-refractivity contribution in [3.63, 3.8) is 0 Å². The Morgan fingerprint density at radius 1 is 1.19 bits per heavy atom. The minimum atomic E-state index is 0.134. The molecule has 0 saturated carbocycles. The van der Waals surface area contributed by atoms with Gasteiger partial charge in [0.2, 0.25) is 0 Å². The molecule has 0 bridgehead atoms. The summed E-state index contributed by atoms with van der Waals surface area (Å²) in [5.41, 5.74) is 4.65. The highest BCUT2D eigenvalue weighted by Crippen LogP contribution is 2.24. The fourth-order valence-electron chi connectivity index (χ4n) is 3.64. The molecule has 1 aromatic carbocycles. The molecule has 0 spiro atoms. The van der Waals surface area contributed by atoms with E-state index >= 15 is 0 Å². The van der Waals surface area contributed by atoms with Crippen LogP contribution in [0.5, 0.6) is 0 Å². The molecular weight excluding hydrogens is 326 g/mol. The summed E-state index contributed by atoms with van der Waals surface area (Å²) in [6.45, 7) is 6.68. The summed E-state index contributed by atoms with van der Waals surface area (Å²) >= 11 is 0. The predicted octanol–water partition coefficient (Wildman–Crippen LogP) is 3.93. The first-order chi connectivity index (χ1) is 12.6. The lowest BCUT2D eigenvalue weighted by molar-refractivity contribution is 0.0835. The standard InChI is InChI=1S/C21H23N3O2/c1-14-3-5-17(6-4-14)20(25)18-7-9-24(10-8-18)13-16-11-19-15(2)23-26-21(19)22-12-16/h3-6,11-12,18H,7-10,13H2,1-2H3. The number of likely N-dealkylation sites (tertiary alicyclic amines) is 1. The Kier molecular flexibility index (Phi) is 4.55. The Balaban J connectivity index is 1.37. The number of benzene rings is 1. The van der Waals surface area contributed by atoms with E-state index < -0.39 is 0 Å². The molecule has 5 heteroatoms. The van der Waals surface area contributed by atoms with Crippen molar-refractivity contribution in [1.82, 2.24) is 15.0 Å². The lowest BCUT2D eigenvalue weighted by Gasteiger charge is -2.31. The quantitative estimate of drug-likeness (QED) is 0.668. The number of hydrogen-bond donors (Lipinski definition) is 0. The Morgan fingerprint density at radius 2 is 1.92 bits per heavy atom. The van der Waals surface area contributed by atoms with Crippen LogP contribution >= 0.6 is 0 Å². The van der Waals surface area contributed by atoms with E-state index in [4.69, 9.17) is 4.52 Å². The van der Waals surface area contributed by atoms with E-state index in [9.17, 15) is 4.79 Å². The zero-order chi connectivity index (χ0) is 18.1. The van der Waals surface area contributed by atoms with Crippen molar-refractivity contribution in [3.8, 4) is 0 Å². The van der Waals surface area contributed by atoms with E-state index in [2.05, 4.69) is 21.1 Å². The molecule has 4 rings (SSSR count). The largest absolute Gasteiger partial charge is 0.336 e. The number of Topliss-reactive ketones (excluding diaryl/α,β-unsaturated/α-hetero) is 1. The number of fused-ring (bicyclic) bond motifs is 1. The third-order valence-electron chi connectivity index (χ3n) is 5.27. The number of carbonyl (C=O) groups excluding carboxylic acids is 1. The van der Waals surface area contributed by atoms with Crippen molar-refractivity contribution in [2.24, 2.45) is 5.92 Å². The molecule has 0 atom stereocenters. The van der Waals surface area contributed by atoms with Gasteiger partial charge in [-0.2, -0.15) is 0 Å². The van der Waals surface area contributed by atoms with Gasteiger partial charge in [0.1, 0.15) is 0 Å². The van der Waals surface area contributed by atoms with Crippen LogP contribution in [0.2, 0.25) is 0 Å². The third-order valence-corrected chi connectivity index (χ3v) is 5.27. The van der Waals surface area contributed by atoms with Gasteiger partial charge in [-0.3, -0.25) is 9.69 Å². The number of hydrogen-bond acceptors (Lipinski definition) is 5. The number of nitrogens with zero attached hydrogens (tertiary/aromatic N) is 3. The molecule has 1 fully saturated rings. The normalized spacial score (nSPS) is 16.2. The molecule has 1 saturated heterocycles. The maximum atomic E-state index is 12.7. The van der Waals surface area contributed by atoms with E-state index in [-0.39, 0.29) is 11.7 Å². The van der Waals surface area contributed by atoms with E-state index in [1.165, 1.54) is 5.56 Å². The second-order valence-corrected chi connectivity index (χ2v) is 7.24. The van der Waals surface area contributed by atoms with E-state index in [0.29, 0.717) is 5.71 Å². The molecule has 3 aromatic rings. The van der Waals surface area contributed by atoms with Gasteiger partial charge in [0.15, 0.2) is 5.78 Å². The Bertz CT molecular complexity index is 922. The van der Waals surface area contributed by atoms with Crippen LogP contribution < -0.4 is 0 Å². The van der Waals surface area contributed by atoms with Crippen LogP contribution in [0.3, 0.4) is 0 Å². The van der Waals surface area contributed by atoms with E-state index in [1.54, 1.807) is 0 Å². The Hall–Kier alpha value is -2.53. The molecule has 26 heavy (non-hydrogen) atoms. The second kappa shape index (κ2) is 7.00. The average molecular weight is 349 g/mol. The van der Waals surface area contributed by atoms with Gasteiger partial charge in [-0.25, -0.2) is 4.98 Å². The van der Waals surface area contributed by atoms with Crippen LogP contribution in [-0.4, -0.2) is 33.9 Å². The van der Waals surface area contributed by atoms with Crippen LogP contribution in [0.15, 0.2) is 41.1 Å². The maximum absolute atomic E-state index is 12.7. The van der Waals surface area contributed by atoms with Crippen LogP contribution in [0.1, 0.15) is 40.0 Å². The molecule has 1 aliphatic heterocycles. The number of pyridine rings is 1. The van der Waals surface area contributed by atoms with Crippen LogP contribution in [0.4, 0.5) is 0 Å². The lowest BCUT2D eigenvalue weighted by Crippen LogP contribution is -2.36. The second-order valence-electron chi connectivity index (χ2n) is 7.24. The minimum absolute atomic E-state index is 0.134. The predicted molar refractivity (Wildman–Crippen MR) is 100 cm³/mol. The summed E-state index contributed by atoms with van der Waals surface area (Å²) in [6.07, 6.45) is 3.68. The zero-order valence-electron chi connectivity index (χ0n) is 15.2. The summed E-state index contributed by atoms with van der Waals surface area (Å²) < 4.78 is 5.17. The van der Waals surface area contributed by atoms with Gasteiger partial charge in [-0.05, 0) is 51.4 Å². The van der Waals surface area contributed by atoms with Crippen LogP contribution in [-0.2, 0) is 6.54 Å². The molecule has 0 unspecified atom stereocenters. The van der Waals surface area contributed by atoms with Crippen molar-refractivity contribution in [2.45, 2.75) is 33.2 Å². The number of piperidine rings is 1. The summed E-state index contributed by atoms with van der Waals surface area (Å²) in [7, 11) is 0. The molecule has 0 amide bonds. The van der Waals surface area contributed by atoms with Crippen molar-refractivity contribution in [1.29, 1.82) is 0 Å². The van der Waals surface area contributed by atoms with E-state index in [1.807, 2.05) is 44.3 Å². The molecule has 3 heterocycles. The summed E-state index contributed by atoms with van der Waals surface area (Å²) in [5, 5.41) is 4.94. The van der Waals surface area contributed by atoms with Gasteiger partial charge >= 0.3 is 0 Å². The van der Waals surface area contributed by atoms with Crippen molar-refractivity contribution in [3.05, 3.63) is 58.9 Å². The maximum Gasteiger partial charge on any atom is 0.257 e. The fourth-order valence-corrected chi connectivity index (χ4v) is 3.64. The number of aryl methyl sites for hydroxylation is 2. The first-order valence-corrected chi connectivity index (χ1v) is 9.14. The van der Waals surface area contributed by atoms with Gasteiger partial charge in [0, 0.05) is 24.2 Å². The molecule has 2 aromatic heterocycles. The lowest BCUT2D eigenvalue weighted by atomic mass is 9.88. The molecule has 0 aliphatic carbocycles. The molecule has 134 valence electrons. The van der Waals surface area contributed by atoms with Crippen molar-refractivity contribution in [2.75, 3.05) is 13.1 Å². The highest BCUT2D eigenvalue weighted by atomic mass is 16.5. The van der Waals surface area contributed by atoms with Crippen molar-refractivity contribution >= 4 is 16.9 Å². The smallest absolute Gasteiger partial charge is 0.257 e. The summed E-state index contributed by atoms with van der Waals surface area (Å²) in [5.74, 6) is 0.419. The minimum Gasteiger partial charge on any atom is -0.336 e. The molecule has 0 radical (unpaired) electrons. The summed E-state index contributed by atoms with van der Waals surface area (Å²) in [4.78, 5) is 19.4. The third kappa shape index (κ3) is 3.40. The number of rotatable bonds is 4. The van der Waals surface area contributed by atoms with Gasteiger partial charge in [-0.1, -0.05) is 35.0 Å². The molecular formula is C21H23N3O2. The van der Waals surface area contributed by atoms with Crippen LogP contribution in [0, 0.1) is 19.8 Å². The monoisotopic (exact) mass is 349 g/mol. The number of ketones is 1. The highest BCUT2D eigenvalue weighted by molar-refractivity contribution is 5.97. The van der Waals surface area contributed by atoms with Gasteiger partial charge in [0.25, 0.3) is 5.71 Å². The van der Waals surface area contributed by atoms with Gasteiger partial charge < -0.3 is 4.52 Å². The number of carbonyl (C=O) groups is 1. The Labute approximate surface area is 153 Å². The van der Waals surface area contributed by atoms with Gasteiger partial charge in [0.05, 0.1) is 11.1 Å². The van der Waals surface area contributed by atoms with Crippen molar-refractivity contribution < 1.29 is 9.32 Å². The molecule has 0 N–H and O–H groups in total. The van der Waals surface area contributed by atoms with E-state index in [0.717, 1.165) is 54.7 Å². The van der Waals surface area contributed by atoms with Crippen LogP contribution in [0.25, 0.3) is 11.1 Å². The fraction of sp³-hybridized carbons (Fsp3) is 0.381. The van der Waals surface area contributed by atoms with Gasteiger partial charge in [-0.15, -0.1) is 0 Å². The highest BCUT2D eigenvalue weighted by Gasteiger charge is 2.25. The average Bonchev–Trinajstić information content (AvgIpc) is 3.03. The zero-order valence-corrected chi connectivity index (χ0v) is 15.2. The first-order valence-electron chi connectivity index (χ1n) is 9.14. The SMILES string of the molecule is Cc1ccc(C(=O)C2CCN(Cc3cnc4onc(C)c4c3)CC2)cc1. The summed E-state index contributed by atoms with van der Waals surface area (Å²) in [6, 6.07) is 10.0. The Morgan fingerprint density at radius 3 is 2.65 bits per heavy atom. The molecule has 5 nitrogen and oxygen atoms in total. The topological polar surface area (TPSA) is 59.2 Å². The molecule has 1 aliphatic rings. The number of aromatic nitrogens is 2. The first kappa shape index (κ1) is 16.9.